The van der Waals surface area contributed by atoms with Crippen LogP contribution in [0.3, 0.4) is 0 Å². The Morgan fingerprint density at radius 1 is 1.38 bits per heavy atom. The van der Waals surface area contributed by atoms with E-state index in [1.165, 1.54) is 0 Å². The summed E-state index contributed by atoms with van der Waals surface area (Å²) in [4.78, 5) is 4.22. The molecule has 3 N–H and O–H groups in total. The molecule has 16 heavy (non-hydrogen) atoms. The highest BCUT2D eigenvalue weighted by Gasteiger charge is 2.20. The lowest BCUT2D eigenvalue weighted by Gasteiger charge is -2.12. The smallest absolute Gasteiger partial charge is 0.423 e. The van der Waals surface area contributed by atoms with Gasteiger partial charge in [0, 0.05) is 12.4 Å². The first-order valence-electron chi connectivity index (χ1n) is 4.95. The Morgan fingerprint density at radius 3 is 2.62 bits per heavy atom. The molecular formula is C10H13BN2O3. The van der Waals surface area contributed by atoms with Crippen LogP contribution in [-0.4, -0.2) is 31.7 Å². The maximum Gasteiger partial charge on any atom is 0.488 e. The van der Waals surface area contributed by atoms with Crippen molar-refractivity contribution < 1.29 is 15.2 Å². The Labute approximate surface area is 93.1 Å². The molecule has 0 aliphatic rings. The average molecular weight is 220 g/mol. The summed E-state index contributed by atoms with van der Waals surface area (Å²) in [6, 6.07) is 3.16. The first kappa shape index (κ1) is 11.1. The zero-order valence-corrected chi connectivity index (χ0v) is 9.12. The molecule has 0 unspecified atom stereocenters. The van der Waals surface area contributed by atoms with Crippen molar-refractivity contribution in [2.24, 2.45) is 0 Å². The van der Waals surface area contributed by atoms with Crippen LogP contribution in [0.1, 0.15) is 19.5 Å². The SMILES string of the molecule is CC(C)(O)c1cn2ccc(B(O)O)cc2n1. The summed E-state index contributed by atoms with van der Waals surface area (Å²) in [5.41, 5.74) is 0.476. The predicted molar refractivity (Wildman–Crippen MR) is 60.3 cm³/mol. The number of aromatic nitrogens is 2. The highest BCUT2D eigenvalue weighted by molar-refractivity contribution is 6.58. The fourth-order valence-corrected chi connectivity index (χ4v) is 1.45. The second kappa shape index (κ2) is 3.59. The van der Waals surface area contributed by atoms with Crippen molar-refractivity contribution >= 4 is 18.2 Å². The molecular weight excluding hydrogens is 207 g/mol. The van der Waals surface area contributed by atoms with Gasteiger partial charge in [-0.25, -0.2) is 4.98 Å². The fourth-order valence-electron chi connectivity index (χ4n) is 1.45. The molecule has 0 saturated carbocycles. The van der Waals surface area contributed by atoms with E-state index in [0.29, 0.717) is 16.8 Å². The van der Waals surface area contributed by atoms with Gasteiger partial charge in [-0.2, -0.15) is 0 Å². The van der Waals surface area contributed by atoms with Gasteiger partial charge in [-0.05, 0) is 31.4 Å². The van der Waals surface area contributed by atoms with Crippen molar-refractivity contribution in [1.29, 1.82) is 0 Å². The molecule has 2 rings (SSSR count). The molecule has 0 fully saturated rings. The van der Waals surface area contributed by atoms with Crippen LogP contribution in [0, 0.1) is 0 Å². The lowest BCUT2D eigenvalue weighted by molar-refractivity contribution is 0.0744. The van der Waals surface area contributed by atoms with Crippen molar-refractivity contribution in [3.63, 3.8) is 0 Å². The van der Waals surface area contributed by atoms with Crippen molar-refractivity contribution in [3.05, 3.63) is 30.2 Å². The summed E-state index contributed by atoms with van der Waals surface area (Å²) in [6.45, 7) is 3.30. The molecule has 5 nitrogen and oxygen atoms in total. The second-order valence-corrected chi connectivity index (χ2v) is 4.28. The lowest BCUT2D eigenvalue weighted by Crippen LogP contribution is -2.29. The predicted octanol–water partition coefficient (Wildman–Crippen LogP) is -0.759. The maximum absolute atomic E-state index is 9.79. The molecule has 0 radical (unpaired) electrons. The zero-order chi connectivity index (χ0) is 11.9. The maximum atomic E-state index is 9.79. The number of aliphatic hydroxyl groups is 1. The lowest BCUT2D eigenvalue weighted by atomic mass is 9.81. The van der Waals surface area contributed by atoms with E-state index in [-0.39, 0.29) is 0 Å². The molecule has 0 aliphatic heterocycles. The van der Waals surface area contributed by atoms with Gasteiger partial charge in [0.25, 0.3) is 0 Å². The minimum Gasteiger partial charge on any atom is -0.423 e. The average Bonchev–Trinajstić information content (AvgIpc) is 2.58. The molecule has 0 atom stereocenters. The first-order chi connectivity index (χ1) is 7.38. The number of fused-ring (bicyclic) bond motifs is 1. The minimum absolute atomic E-state index is 0.375. The molecule has 84 valence electrons. The van der Waals surface area contributed by atoms with Gasteiger partial charge in [-0.3, -0.25) is 0 Å². The Bertz CT molecular complexity index is 516. The molecule has 6 heteroatoms. The van der Waals surface area contributed by atoms with E-state index in [2.05, 4.69) is 4.98 Å². The third-order valence-corrected chi connectivity index (χ3v) is 2.41. The van der Waals surface area contributed by atoms with E-state index in [1.807, 2.05) is 0 Å². The van der Waals surface area contributed by atoms with Crippen molar-refractivity contribution in [3.8, 4) is 0 Å². The summed E-state index contributed by atoms with van der Waals surface area (Å²) in [6.07, 6.45) is 3.38. The van der Waals surface area contributed by atoms with Gasteiger partial charge < -0.3 is 19.6 Å². The Kier molecular flexibility index (Phi) is 2.50. The third-order valence-electron chi connectivity index (χ3n) is 2.41. The van der Waals surface area contributed by atoms with Crippen molar-refractivity contribution in [2.75, 3.05) is 0 Å². The van der Waals surface area contributed by atoms with E-state index in [9.17, 15) is 5.11 Å². The van der Waals surface area contributed by atoms with Crippen LogP contribution in [0.2, 0.25) is 0 Å². The monoisotopic (exact) mass is 220 g/mol. The number of imidazole rings is 1. The molecule has 2 aromatic rings. The number of hydrogen-bond acceptors (Lipinski definition) is 4. The van der Waals surface area contributed by atoms with Crippen LogP contribution in [0.5, 0.6) is 0 Å². The summed E-state index contributed by atoms with van der Waals surface area (Å²) in [7, 11) is -1.51. The molecule has 0 aliphatic carbocycles. The molecule has 0 saturated heterocycles. The van der Waals surface area contributed by atoms with Gasteiger partial charge in [0.2, 0.25) is 0 Å². The second-order valence-electron chi connectivity index (χ2n) is 4.28. The normalized spacial score (nSPS) is 12.1. The summed E-state index contributed by atoms with van der Waals surface area (Å²) < 4.78 is 1.72. The van der Waals surface area contributed by atoms with E-state index in [1.54, 1.807) is 42.8 Å². The van der Waals surface area contributed by atoms with Crippen LogP contribution >= 0.6 is 0 Å². The summed E-state index contributed by atoms with van der Waals surface area (Å²) in [5, 5.41) is 27.8. The Hall–Kier alpha value is -1.37. The molecule has 0 bridgehead atoms. The van der Waals surface area contributed by atoms with Gasteiger partial charge in [0.15, 0.2) is 0 Å². The number of hydrogen-bond donors (Lipinski definition) is 3. The molecule has 0 spiro atoms. The molecule has 0 aromatic carbocycles. The van der Waals surface area contributed by atoms with E-state index < -0.39 is 12.7 Å². The number of nitrogens with zero attached hydrogens (tertiary/aromatic N) is 2. The van der Waals surface area contributed by atoms with Crippen LogP contribution in [0.4, 0.5) is 0 Å². The highest BCUT2D eigenvalue weighted by atomic mass is 16.4. The summed E-state index contributed by atoms with van der Waals surface area (Å²) in [5.74, 6) is 0. The zero-order valence-electron chi connectivity index (χ0n) is 9.12. The van der Waals surface area contributed by atoms with Gasteiger partial charge >= 0.3 is 7.12 Å². The topological polar surface area (TPSA) is 78.0 Å². The van der Waals surface area contributed by atoms with Gasteiger partial charge in [-0.15, -0.1) is 0 Å². The Balaban J connectivity index is 2.54. The molecule has 2 heterocycles. The van der Waals surface area contributed by atoms with Crippen LogP contribution < -0.4 is 5.46 Å². The third kappa shape index (κ3) is 1.95. The largest absolute Gasteiger partial charge is 0.488 e. The molecule has 2 aromatic heterocycles. The van der Waals surface area contributed by atoms with Gasteiger partial charge in [-0.1, -0.05) is 0 Å². The Morgan fingerprint density at radius 2 is 2.06 bits per heavy atom. The van der Waals surface area contributed by atoms with E-state index in [0.717, 1.165) is 0 Å². The highest BCUT2D eigenvalue weighted by Crippen LogP contribution is 2.18. The quantitative estimate of drug-likeness (QED) is 0.581. The molecule has 0 amide bonds. The van der Waals surface area contributed by atoms with Gasteiger partial charge in [0.1, 0.15) is 11.2 Å². The van der Waals surface area contributed by atoms with E-state index >= 15 is 0 Å². The van der Waals surface area contributed by atoms with Crippen LogP contribution in [-0.2, 0) is 5.60 Å². The van der Waals surface area contributed by atoms with E-state index in [4.69, 9.17) is 10.0 Å². The minimum atomic E-state index is -1.51. The summed E-state index contributed by atoms with van der Waals surface area (Å²) >= 11 is 0. The van der Waals surface area contributed by atoms with Crippen molar-refractivity contribution in [1.82, 2.24) is 9.38 Å². The van der Waals surface area contributed by atoms with Crippen molar-refractivity contribution in [2.45, 2.75) is 19.4 Å². The fraction of sp³-hybridized carbons (Fsp3) is 0.300. The first-order valence-corrected chi connectivity index (χ1v) is 4.95. The van der Waals surface area contributed by atoms with Crippen LogP contribution in [0.15, 0.2) is 24.5 Å². The van der Waals surface area contributed by atoms with Crippen LogP contribution in [0.25, 0.3) is 5.65 Å². The number of rotatable bonds is 2. The standard InChI is InChI=1S/C10H13BN2O3/c1-10(2,14)8-6-13-4-3-7(11(15)16)5-9(13)12-8/h3-6,14-16H,1-2H3. The number of pyridine rings is 1. The van der Waals surface area contributed by atoms with Gasteiger partial charge in [0.05, 0.1) is 5.69 Å².